The standard InChI is InChI=1S/C15H8BrClF2N2/c1-7-5-8-13(9(16)6-7)20-15(21-14(8)17)12-10(18)3-2-4-11(12)19/h2-6H,1H3. The van der Waals surface area contributed by atoms with Crippen LogP contribution in [-0.4, -0.2) is 9.97 Å². The number of halogens is 4. The van der Waals surface area contributed by atoms with Crippen LogP contribution in [0.25, 0.3) is 22.3 Å². The van der Waals surface area contributed by atoms with Gasteiger partial charge in [-0.25, -0.2) is 18.7 Å². The van der Waals surface area contributed by atoms with Gasteiger partial charge in [-0.2, -0.15) is 0 Å². The van der Waals surface area contributed by atoms with Crippen molar-refractivity contribution < 1.29 is 8.78 Å². The lowest BCUT2D eigenvalue weighted by atomic mass is 10.1. The second-order valence-corrected chi connectivity index (χ2v) is 5.79. The highest BCUT2D eigenvalue weighted by atomic mass is 79.9. The number of rotatable bonds is 1. The molecule has 0 saturated carbocycles. The molecule has 0 saturated heterocycles. The Labute approximate surface area is 132 Å². The van der Waals surface area contributed by atoms with E-state index in [0.717, 1.165) is 17.7 Å². The molecular weight excluding hydrogens is 362 g/mol. The average Bonchev–Trinajstić information content (AvgIpc) is 2.40. The number of hydrogen-bond acceptors (Lipinski definition) is 2. The molecule has 1 heterocycles. The largest absolute Gasteiger partial charge is 0.226 e. The molecule has 3 rings (SSSR count). The molecule has 0 aliphatic carbocycles. The van der Waals surface area contributed by atoms with Crippen molar-refractivity contribution in [1.29, 1.82) is 0 Å². The Morgan fingerprint density at radius 2 is 1.76 bits per heavy atom. The number of aromatic nitrogens is 2. The fraction of sp³-hybridized carbons (Fsp3) is 0.0667. The van der Waals surface area contributed by atoms with E-state index in [1.807, 2.05) is 19.1 Å². The van der Waals surface area contributed by atoms with Gasteiger partial charge < -0.3 is 0 Å². The maximum atomic E-state index is 13.9. The van der Waals surface area contributed by atoms with Crippen molar-refractivity contribution in [2.75, 3.05) is 0 Å². The number of fused-ring (bicyclic) bond motifs is 1. The van der Waals surface area contributed by atoms with Gasteiger partial charge in [0.05, 0.1) is 11.1 Å². The Morgan fingerprint density at radius 3 is 2.43 bits per heavy atom. The highest BCUT2D eigenvalue weighted by Crippen LogP contribution is 2.32. The summed E-state index contributed by atoms with van der Waals surface area (Å²) in [5.74, 6) is -1.53. The van der Waals surface area contributed by atoms with Crippen LogP contribution < -0.4 is 0 Å². The lowest BCUT2D eigenvalue weighted by Gasteiger charge is -2.08. The third-order valence-corrected chi connectivity index (χ3v) is 3.93. The minimum Gasteiger partial charge on any atom is -0.226 e. The summed E-state index contributed by atoms with van der Waals surface area (Å²) >= 11 is 9.53. The number of aryl methyl sites for hydroxylation is 1. The second kappa shape index (κ2) is 5.31. The molecule has 0 unspecified atom stereocenters. The van der Waals surface area contributed by atoms with Gasteiger partial charge in [0, 0.05) is 9.86 Å². The minimum atomic E-state index is -0.728. The molecule has 21 heavy (non-hydrogen) atoms. The number of nitrogens with zero attached hydrogens (tertiary/aromatic N) is 2. The molecule has 6 heteroatoms. The van der Waals surface area contributed by atoms with E-state index in [1.165, 1.54) is 6.07 Å². The van der Waals surface area contributed by atoms with E-state index in [0.29, 0.717) is 15.4 Å². The van der Waals surface area contributed by atoms with Gasteiger partial charge in [-0.05, 0) is 52.7 Å². The molecule has 0 spiro atoms. The lowest BCUT2D eigenvalue weighted by Crippen LogP contribution is -1.98. The van der Waals surface area contributed by atoms with Crippen molar-refractivity contribution in [3.8, 4) is 11.4 Å². The van der Waals surface area contributed by atoms with Crippen LogP contribution in [0.4, 0.5) is 8.78 Å². The van der Waals surface area contributed by atoms with Crippen LogP contribution in [0.3, 0.4) is 0 Å². The SMILES string of the molecule is Cc1cc(Br)c2nc(-c3c(F)cccc3F)nc(Cl)c2c1. The van der Waals surface area contributed by atoms with Crippen molar-refractivity contribution in [3.05, 3.63) is 57.2 Å². The molecule has 0 amide bonds. The van der Waals surface area contributed by atoms with Gasteiger partial charge in [0.25, 0.3) is 0 Å². The predicted molar refractivity (Wildman–Crippen MR) is 82.3 cm³/mol. The summed E-state index contributed by atoms with van der Waals surface area (Å²) in [6, 6.07) is 7.28. The van der Waals surface area contributed by atoms with Crippen molar-refractivity contribution in [2.24, 2.45) is 0 Å². The minimum absolute atomic E-state index is 0.0762. The van der Waals surface area contributed by atoms with Gasteiger partial charge in [-0.15, -0.1) is 0 Å². The molecule has 2 aromatic carbocycles. The summed E-state index contributed by atoms with van der Waals surface area (Å²) < 4.78 is 28.4. The number of hydrogen-bond donors (Lipinski definition) is 0. The molecule has 0 aliphatic rings. The highest BCUT2D eigenvalue weighted by Gasteiger charge is 2.17. The quantitative estimate of drug-likeness (QED) is 0.544. The molecule has 1 aromatic heterocycles. The molecule has 106 valence electrons. The fourth-order valence-electron chi connectivity index (χ4n) is 2.11. The predicted octanol–water partition coefficient (Wildman–Crippen LogP) is 5.30. The molecule has 0 radical (unpaired) electrons. The first-order valence-electron chi connectivity index (χ1n) is 6.05. The second-order valence-electron chi connectivity index (χ2n) is 4.58. The van der Waals surface area contributed by atoms with Crippen LogP contribution in [-0.2, 0) is 0 Å². The van der Waals surface area contributed by atoms with Crippen molar-refractivity contribution >= 4 is 38.4 Å². The summed E-state index contributed by atoms with van der Waals surface area (Å²) in [4.78, 5) is 8.28. The topological polar surface area (TPSA) is 25.8 Å². The van der Waals surface area contributed by atoms with Gasteiger partial charge in [-0.1, -0.05) is 17.7 Å². The van der Waals surface area contributed by atoms with E-state index in [4.69, 9.17) is 11.6 Å². The Bertz CT molecular complexity index is 848. The summed E-state index contributed by atoms with van der Waals surface area (Å²) in [5, 5.41) is 0.783. The Hall–Kier alpha value is -1.59. The number of benzene rings is 2. The van der Waals surface area contributed by atoms with E-state index in [2.05, 4.69) is 25.9 Å². The van der Waals surface area contributed by atoms with Crippen molar-refractivity contribution in [3.63, 3.8) is 0 Å². The summed E-state index contributed by atoms with van der Waals surface area (Å²) in [6.07, 6.45) is 0. The first-order chi connectivity index (χ1) is 9.97. The van der Waals surface area contributed by atoms with Crippen LogP contribution in [0.5, 0.6) is 0 Å². The maximum Gasteiger partial charge on any atom is 0.167 e. The highest BCUT2D eigenvalue weighted by molar-refractivity contribution is 9.10. The van der Waals surface area contributed by atoms with E-state index in [9.17, 15) is 8.78 Å². The first-order valence-corrected chi connectivity index (χ1v) is 7.22. The Balaban J connectivity index is 2.36. The Morgan fingerprint density at radius 1 is 1.10 bits per heavy atom. The zero-order valence-electron chi connectivity index (χ0n) is 10.8. The Kier molecular flexibility index (Phi) is 3.63. The molecular formula is C15H8BrClF2N2. The lowest BCUT2D eigenvalue weighted by molar-refractivity contribution is 0.587. The average molecular weight is 370 g/mol. The van der Waals surface area contributed by atoms with E-state index >= 15 is 0 Å². The normalized spacial score (nSPS) is 11.1. The molecule has 0 N–H and O–H groups in total. The smallest absolute Gasteiger partial charge is 0.167 e. The van der Waals surface area contributed by atoms with Crippen LogP contribution in [0.2, 0.25) is 5.15 Å². The third-order valence-electron chi connectivity index (χ3n) is 3.04. The van der Waals surface area contributed by atoms with Crippen LogP contribution >= 0.6 is 27.5 Å². The van der Waals surface area contributed by atoms with Crippen LogP contribution in [0, 0.1) is 18.6 Å². The first kappa shape index (κ1) is 14.4. The van der Waals surface area contributed by atoms with Gasteiger partial charge in [0.2, 0.25) is 0 Å². The van der Waals surface area contributed by atoms with Crippen LogP contribution in [0.1, 0.15) is 5.56 Å². The summed E-state index contributed by atoms with van der Waals surface area (Å²) in [5.41, 5.74) is 1.21. The molecule has 0 atom stereocenters. The zero-order chi connectivity index (χ0) is 15.1. The summed E-state index contributed by atoms with van der Waals surface area (Å²) in [7, 11) is 0. The molecule has 0 fully saturated rings. The monoisotopic (exact) mass is 368 g/mol. The fourth-order valence-corrected chi connectivity index (χ4v) is 3.00. The van der Waals surface area contributed by atoms with Crippen LogP contribution in [0.15, 0.2) is 34.8 Å². The van der Waals surface area contributed by atoms with Gasteiger partial charge >= 0.3 is 0 Å². The summed E-state index contributed by atoms with van der Waals surface area (Å²) in [6.45, 7) is 1.91. The van der Waals surface area contributed by atoms with E-state index in [-0.39, 0.29) is 16.5 Å². The molecule has 0 aliphatic heterocycles. The van der Waals surface area contributed by atoms with Crippen molar-refractivity contribution in [2.45, 2.75) is 6.92 Å². The van der Waals surface area contributed by atoms with E-state index in [1.54, 1.807) is 0 Å². The molecule has 2 nitrogen and oxygen atoms in total. The van der Waals surface area contributed by atoms with Gasteiger partial charge in [0.1, 0.15) is 16.8 Å². The van der Waals surface area contributed by atoms with Gasteiger partial charge in [-0.3, -0.25) is 0 Å². The van der Waals surface area contributed by atoms with Gasteiger partial charge in [0.15, 0.2) is 5.82 Å². The zero-order valence-corrected chi connectivity index (χ0v) is 13.1. The maximum absolute atomic E-state index is 13.9. The third kappa shape index (κ3) is 2.51. The van der Waals surface area contributed by atoms with E-state index < -0.39 is 11.6 Å². The van der Waals surface area contributed by atoms with Crippen molar-refractivity contribution in [1.82, 2.24) is 9.97 Å². The molecule has 3 aromatic rings. The molecule has 0 bridgehead atoms.